The molecule has 0 saturated heterocycles. The number of rotatable bonds is 1. The number of aromatic nitrogens is 3. The van der Waals surface area contributed by atoms with Gasteiger partial charge in [-0.3, -0.25) is 4.98 Å². The van der Waals surface area contributed by atoms with Gasteiger partial charge in [0.25, 0.3) is 0 Å². The number of nitrogens with zero attached hydrogens (tertiary/aromatic N) is 2. The molecule has 0 atom stereocenters. The monoisotopic (exact) mass is 251 g/mol. The Morgan fingerprint density at radius 1 is 1.00 bits per heavy atom. The smallest absolute Gasteiger partial charge is 0.114 e. The second-order valence-electron chi connectivity index (χ2n) is 4.13. The van der Waals surface area contributed by atoms with E-state index in [1.54, 1.807) is 11.3 Å². The predicted octanol–water partition coefficient (Wildman–Crippen LogP) is 3.84. The molecule has 86 valence electrons. The van der Waals surface area contributed by atoms with Crippen molar-refractivity contribution in [2.24, 2.45) is 0 Å². The van der Waals surface area contributed by atoms with E-state index in [2.05, 4.69) is 33.2 Å². The number of thiazole rings is 1. The van der Waals surface area contributed by atoms with Crippen molar-refractivity contribution in [2.45, 2.75) is 0 Å². The molecule has 3 heterocycles. The van der Waals surface area contributed by atoms with Crippen LogP contribution in [0.5, 0.6) is 0 Å². The summed E-state index contributed by atoms with van der Waals surface area (Å²) in [5.74, 6) is 0. The molecule has 0 aliphatic rings. The fourth-order valence-electron chi connectivity index (χ4n) is 2.30. The molecule has 4 rings (SSSR count). The maximum Gasteiger partial charge on any atom is 0.114 e. The largest absolute Gasteiger partial charge is 0.353 e. The van der Waals surface area contributed by atoms with Gasteiger partial charge < -0.3 is 4.98 Å². The van der Waals surface area contributed by atoms with E-state index in [4.69, 9.17) is 0 Å². The highest BCUT2D eigenvalue weighted by atomic mass is 32.1. The van der Waals surface area contributed by atoms with E-state index in [1.165, 1.54) is 10.8 Å². The fraction of sp³-hybridized carbons (Fsp3) is 0. The third-order valence-corrected chi connectivity index (χ3v) is 3.69. The van der Waals surface area contributed by atoms with E-state index in [0.29, 0.717) is 0 Å². The Morgan fingerprint density at radius 2 is 1.94 bits per heavy atom. The topological polar surface area (TPSA) is 41.6 Å². The summed E-state index contributed by atoms with van der Waals surface area (Å²) in [6.45, 7) is 0. The summed E-state index contributed by atoms with van der Waals surface area (Å²) in [6, 6.07) is 10.3. The minimum atomic E-state index is 0.921. The summed E-state index contributed by atoms with van der Waals surface area (Å²) < 4.78 is 0. The van der Waals surface area contributed by atoms with Crippen molar-refractivity contribution in [3.8, 4) is 11.4 Å². The number of nitrogens with one attached hydrogen (secondary N) is 1. The Morgan fingerprint density at radius 3 is 2.83 bits per heavy atom. The SMILES string of the molecule is c1ccc2c(c1)[nH]c1c(-c3cscn3)nccc12. The van der Waals surface area contributed by atoms with Crippen LogP contribution in [-0.4, -0.2) is 15.0 Å². The summed E-state index contributed by atoms with van der Waals surface area (Å²) in [5.41, 5.74) is 5.88. The van der Waals surface area contributed by atoms with Gasteiger partial charge in [-0.2, -0.15) is 0 Å². The predicted molar refractivity (Wildman–Crippen MR) is 74.7 cm³/mol. The minimum Gasteiger partial charge on any atom is -0.353 e. The molecule has 0 bridgehead atoms. The van der Waals surface area contributed by atoms with Crippen molar-refractivity contribution in [3.63, 3.8) is 0 Å². The first-order chi connectivity index (χ1) is 8.93. The molecule has 0 aliphatic carbocycles. The van der Waals surface area contributed by atoms with Crippen LogP contribution < -0.4 is 0 Å². The molecule has 0 spiro atoms. The molecule has 4 heteroatoms. The first kappa shape index (κ1) is 9.79. The average Bonchev–Trinajstić information content (AvgIpc) is 3.05. The molecule has 1 N–H and O–H groups in total. The van der Waals surface area contributed by atoms with Gasteiger partial charge in [0.2, 0.25) is 0 Å². The first-order valence-corrected chi connectivity index (χ1v) is 6.62. The van der Waals surface area contributed by atoms with Crippen LogP contribution in [0.15, 0.2) is 47.4 Å². The lowest BCUT2D eigenvalue weighted by Crippen LogP contribution is -1.84. The zero-order chi connectivity index (χ0) is 11.9. The highest BCUT2D eigenvalue weighted by Gasteiger charge is 2.11. The third-order valence-electron chi connectivity index (χ3n) is 3.10. The Bertz CT molecular complexity index is 831. The average molecular weight is 251 g/mol. The van der Waals surface area contributed by atoms with Crippen LogP contribution in [0.4, 0.5) is 0 Å². The number of hydrogen-bond donors (Lipinski definition) is 1. The summed E-state index contributed by atoms with van der Waals surface area (Å²) in [7, 11) is 0. The molecule has 0 fully saturated rings. The van der Waals surface area contributed by atoms with Crippen LogP contribution >= 0.6 is 11.3 Å². The van der Waals surface area contributed by atoms with E-state index in [9.17, 15) is 0 Å². The number of benzene rings is 1. The molecule has 0 amide bonds. The van der Waals surface area contributed by atoms with Gasteiger partial charge in [-0.05, 0) is 12.1 Å². The maximum absolute atomic E-state index is 4.46. The van der Waals surface area contributed by atoms with Crippen LogP contribution in [0, 0.1) is 0 Å². The number of fused-ring (bicyclic) bond motifs is 3. The van der Waals surface area contributed by atoms with Gasteiger partial charge in [0.1, 0.15) is 11.4 Å². The quantitative estimate of drug-likeness (QED) is 0.558. The Hall–Kier alpha value is -2.20. The van der Waals surface area contributed by atoms with Crippen LogP contribution in [0.1, 0.15) is 0 Å². The number of hydrogen-bond acceptors (Lipinski definition) is 3. The van der Waals surface area contributed by atoms with Gasteiger partial charge in [-0.15, -0.1) is 11.3 Å². The van der Waals surface area contributed by atoms with Crippen LogP contribution in [0.3, 0.4) is 0 Å². The normalized spacial score (nSPS) is 11.3. The molecule has 0 aliphatic heterocycles. The summed E-state index contributed by atoms with van der Waals surface area (Å²) >= 11 is 1.58. The number of para-hydroxylation sites is 1. The zero-order valence-electron chi connectivity index (χ0n) is 9.42. The van der Waals surface area contributed by atoms with E-state index < -0.39 is 0 Å². The first-order valence-electron chi connectivity index (χ1n) is 5.67. The molecular formula is C14H9N3S. The molecule has 0 saturated carbocycles. The lowest BCUT2D eigenvalue weighted by Gasteiger charge is -1.97. The van der Waals surface area contributed by atoms with Crippen molar-refractivity contribution in [3.05, 3.63) is 47.4 Å². The Balaban J connectivity index is 2.17. The fourth-order valence-corrected chi connectivity index (χ4v) is 2.83. The number of aromatic amines is 1. The van der Waals surface area contributed by atoms with E-state index >= 15 is 0 Å². The molecule has 3 aromatic heterocycles. The summed E-state index contributed by atoms with van der Waals surface area (Å²) in [4.78, 5) is 12.2. The lowest BCUT2D eigenvalue weighted by atomic mass is 10.1. The molecule has 0 unspecified atom stereocenters. The third kappa shape index (κ3) is 1.29. The number of pyridine rings is 1. The lowest BCUT2D eigenvalue weighted by molar-refractivity contribution is 1.29. The standard InChI is InChI=1S/C14H9N3S/c1-2-4-11-9(3-1)10-5-6-15-14(13(10)17-11)12-7-18-8-16-12/h1-8,17H. The highest BCUT2D eigenvalue weighted by Crippen LogP contribution is 2.30. The molecule has 3 nitrogen and oxygen atoms in total. The molecule has 18 heavy (non-hydrogen) atoms. The van der Waals surface area contributed by atoms with Crippen LogP contribution in [-0.2, 0) is 0 Å². The van der Waals surface area contributed by atoms with Crippen molar-refractivity contribution < 1.29 is 0 Å². The molecule has 4 aromatic rings. The summed E-state index contributed by atoms with van der Waals surface area (Å²) in [6.07, 6.45) is 1.84. The van der Waals surface area contributed by atoms with E-state index in [-0.39, 0.29) is 0 Å². The van der Waals surface area contributed by atoms with Gasteiger partial charge in [-0.25, -0.2) is 4.98 Å². The molecular weight excluding hydrogens is 242 g/mol. The van der Waals surface area contributed by atoms with Crippen LogP contribution in [0.25, 0.3) is 33.2 Å². The van der Waals surface area contributed by atoms with Crippen molar-refractivity contribution in [1.29, 1.82) is 0 Å². The zero-order valence-corrected chi connectivity index (χ0v) is 10.2. The molecule has 0 radical (unpaired) electrons. The van der Waals surface area contributed by atoms with Crippen LogP contribution in [0.2, 0.25) is 0 Å². The van der Waals surface area contributed by atoms with E-state index in [0.717, 1.165) is 22.4 Å². The van der Waals surface area contributed by atoms with Gasteiger partial charge in [-0.1, -0.05) is 18.2 Å². The minimum absolute atomic E-state index is 0.921. The van der Waals surface area contributed by atoms with Crippen molar-refractivity contribution in [1.82, 2.24) is 15.0 Å². The van der Waals surface area contributed by atoms with Gasteiger partial charge in [0, 0.05) is 27.9 Å². The van der Waals surface area contributed by atoms with Gasteiger partial charge in [0.15, 0.2) is 0 Å². The van der Waals surface area contributed by atoms with E-state index in [1.807, 2.05) is 29.2 Å². The second-order valence-corrected chi connectivity index (χ2v) is 4.85. The highest BCUT2D eigenvalue weighted by molar-refractivity contribution is 7.07. The summed E-state index contributed by atoms with van der Waals surface area (Å²) in [5, 5.41) is 4.45. The molecule has 1 aromatic carbocycles. The Labute approximate surface area is 107 Å². The maximum atomic E-state index is 4.46. The Kier molecular flexibility index (Phi) is 1.98. The van der Waals surface area contributed by atoms with Gasteiger partial charge in [0.05, 0.1) is 11.0 Å². The number of H-pyrrole nitrogens is 1. The van der Waals surface area contributed by atoms with Crippen molar-refractivity contribution >= 4 is 33.1 Å². The van der Waals surface area contributed by atoms with Crippen molar-refractivity contribution in [2.75, 3.05) is 0 Å². The second kappa shape index (κ2) is 3.65. The van der Waals surface area contributed by atoms with Gasteiger partial charge >= 0.3 is 0 Å².